The monoisotopic (exact) mass is 440 g/mol. The molecule has 3 aromatic carbocycles. The van der Waals surface area contributed by atoms with Gasteiger partial charge in [0.15, 0.2) is 11.5 Å². The number of anilines is 1. The topological polar surface area (TPSA) is 73.4 Å². The number of nitrogens with one attached hydrogen (secondary N) is 1. The van der Waals surface area contributed by atoms with Gasteiger partial charge in [-0.25, -0.2) is 4.39 Å². The van der Waals surface area contributed by atoms with Crippen LogP contribution in [0.5, 0.6) is 0 Å². The number of hydrogen-bond acceptors (Lipinski definition) is 3. The van der Waals surface area contributed by atoms with Gasteiger partial charge in [-0.3, -0.25) is 14.5 Å². The van der Waals surface area contributed by atoms with Crippen LogP contribution in [0.25, 0.3) is 10.9 Å². The highest BCUT2D eigenvalue weighted by molar-refractivity contribution is 6.17. The van der Waals surface area contributed by atoms with Crippen molar-refractivity contribution in [2.75, 3.05) is 4.90 Å². The molecule has 1 atom stereocenters. The van der Waals surface area contributed by atoms with Gasteiger partial charge in [0.25, 0.3) is 5.91 Å². The number of hydrogen-bond donors (Lipinski definition) is 2. The molecule has 1 aliphatic rings. The summed E-state index contributed by atoms with van der Waals surface area (Å²) in [4.78, 5) is 31.1. The predicted octanol–water partition coefficient (Wildman–Crippen LogP) is 5.41. The van der Waals surface area contributed by atoms with Crippen LogP contribution in [-0.4, -0.2) is 21.8 Å². The molecule has 0 saturated carbocycles. The van der Waals surface area contributed by atoms with Gasteiger partial charge < -0.3 is 10.1 Å². The van der Waals surface area contributed by atoms with Crippen molar-refractivity contribution in [3.63, 3.8) is 0 Å². The maximum Gasteiger partial charge on any atom is 0.294 e. The van der Waals surface area contributed by atoms with Crippen molar-refractivity contribution >= 4 is 28.3 Å². The number of aliphatic hydroxyl groups excluding tert-OH is 1. The Balaban J connectivity index is 1.58. The van der Waals surface area contributed by atoms with Crippen LogP contribution in [0.1, 0.15) is 23.6 Å². The summed E-state index contributed by atoms with van der Waals surface area (Å²) < 4.78 is 13.6. The highest BCUT2D eigenvalue weighted by atomic mass is 19.1. The number of fused-ring (bicyclic) bond motifs is 1. The van der Waals surface area contributed by atoms with Crippen molar-refractivity contribution in [1.82, 2.24) is 4.98 Å². The summed E-state index contributed by atoms with van der Waals surface area (Å²) in [6.45, 7) is 0. The van der Waals surface area contributed by atoms with Gasteiger partial charge in [0.05, 0.1) is 11.6 Å². The number of para-hydroxylation sites is 1. The smallest absolute Gasteiger partial charge is 0.294 e. The third-order valence-electron chi connectivity index (χ3n) is 6.01. The summed E-state index contributed by atoms with van der Waals surface area (Å²) >= 11 is 0. The molecule has 0 aliphatic carbocycles. The van der Waals surface area contributed by atoms with Crippen LogP contribution >= 0.6 is 0 Å². The van der Waals surface area contributed by atoms with E-state index in [1.165, 1.54) is 29.2 Å². The fourth-order valence-electron chi connectivity index (χ4n) is 4.41. The minimum atomic E-state index is -0.831. The number of rotatable bonds is 6. The molecule has 5 rings (SSSR count). The molecule has 5 nitrogen and oxygen atoms in total. The number of carbonyl (C=O) groups is 2. The number of aromatic amines is 1. The normalized spacial score (nSPS) is 16.1. The first-order chi connectivity index (χ1) is 16.0. The minimum absolute atomic E-state index is 0.0602. The van der Waals surface area contributed by atoms with E-state index in [-0.39, 0.29) is 17.8 Å². The highest BCUT2D eigenvalue weighted by Crippen LogP contribution is 2.43. The van der Waals surface area contributed by atoms with Crippen molar-refractivity contribution in [3.8, 4) is 0 Å². The van der Waals surface area contributed by atoms with Gasteiger partial charge in [-0.1, -0.05) is 48.5 Å². The minimum Gasteiger partial charge on any atom is -0.503 e. The van der Waals surface area contributed by atoms with Crippen LogP contribution in [0.4, 0.5) is 10.1 Å². The zero-order valence-corrected chi connectivity index (χ0v) is 17.7. The fourth-order valence-corrected chi connectivity index (χ4v) is 4.41. The number of carbonyl (C=O) groups excluding carboxylic acids is 2. The van der Waals surface area contributed by atoms with Gasteiger partial charge in [-0.05, 0) is 42.3 Å². The third-order valence-corrected chi connectivity index (χ3v) is 6.01. The SMILES string of the molecule is O=C(CCc1ccccc1)C1=C(O)C(=O)N(c2ccc(F)cc2)C1c1c[nH]c2ccccc12. The van der Waals surface area contributed by atoms with Crippen LogP contribution in [0.2, 0.25) is 0 Å². The Morgan fingerprint density at radius 1 is 0.970 bits per heavy atom. The molecule has 2 N–H and O–H groups in total. The first-order valence-electron chi connectivity index (χ1n) is 10.7. The van der Waals surface area contributed by atoms with Gasteiger partial charge >= 0.3 is 0 Å². The Morgan fingerprint density at radius 2 is 1.67 bits per heavy atom. The summed E-state index contributed by atoms with van der Waals surface area (Å²) in [6, 6.07) is 21.8. The lowest BCUT2D eigenvalue weighted by molar-refractivity contribution is -0.118. The summed E-state index contributed by atoms with van der Waals surface area (Å²) in [6.07, 6.45) is 2.39. The zero-order valence-electron chi connectivity index (χ0n) is 17.7. The number of aryl methyl sites for hydroxylation is 1. The first kappa shape index (κ1) is 20.7. The number of halogens is 1. The lowest BCUT2D eigenvalue weighted by Gasteiger charge is -2.26. The molecule has 1 aliphatic heterocycles. The Labute approximate surface area is 189 Å². The van der Waals surface area contributed by atoms with E-state index in [1.54, 1.807) is 6.20 Å². The van der Waals surface area contributed by atoms with Gasteiger partial charge in [-0.15, -0.1) is 0 Å². The number of amides is 1. The van der Waals surface area contributed by atoms with Crippen LogP contribution in [-0.2, 0) is 16.0 Å². The molecule has 0 spiro atoms. The summed E-state index contributed by atoms with van der Waals surface area (Å²) in [7, 11) is 0. The standard InChI is InChI=1S/C27H21FN2O3/c28-18-11-13-19(14-12-18)30-25(21-16-29-22-9-5-4-8-20(21)22)24(26(32)27(30)33)23(31)15-10-17-6-2-1-3-7-17/h1-9,11-14,16,25,29,32H,10,15H2. The number of H-pyrrole nitrogens is 1. The number of aliphatic hydroxyl groups is 1. The van der Waals surface area contributed by atoms with E-state index >= 15 is 0 Å². The van der Waals surface area contributed by atoms with E-state index < -0.39 is 23.5 Å². The Hall–Kier alpha value is -4.19. The third kappa shape index (κ3) is 3.69. The summed E-state index contributed by atoms with van der Waals surface area (Å²) in [5, 5.41) is 11.7. The zero-order chi connectivity index (χ0) is 22.9. The Morgan fingerprint density at radius 3 is 2.42 bits per heavy atom. The molecule has 0 bridgehead atoms. The Bertz CT molecular complexity index is 1370. The van der Waals surface area contributed by atoms with Gasteiger partial charge in [-0.2, -0.15) is 0 Å². The maximum atomic E-state index is 13.6. The van der Waals surface area contributed by atoms with Gasteiger partial charge in [0, 0.05) is 34.8 Å². The predicted molar refractivity (Wildman–Crippen MR) is 124 cm³/mol. The van der Waals surface area contributed by atoms with Crippen molar-refractivity contribution in [2.24, 2.45) is 0 Å². The van der Waals surface area contributed by atoms with E-state index in [0.29, 0.717) is 17.7 Å². The lowest BCUT2D eigenvalue weighted by atomic mass is 9.92. The largest absolute Gasteiger partial charge is 0.503 e. The van der Waals surface area contributed by atoms with E-state index in [2.05, 4.69) is 4.98 Å². The highest BCUT2D eigenvalue weighted by Gasteiger charge is 2.44. The van der Waals surface area contributed by atoms with Gasteiger partial charge in [0.2, 0.25) is 0 Å². The van der Waals surface area contributed by atoms with Crippen LogP contribution in [0.15, 0.2) is 96.4 Å². The molecule has 4 aromatic rings. The lowest BCUT2D eigenvalue weighted by Crippen LogP contribution is -2.31. The van der Waals surface area contributed by atoms with E-state index in [0.717, 1.165) is 16.5 Å². The van der Waals surface area contributed by atoms with Crippen molar-refractivity contribution in [1.29, 1.82) is 0 Å². The molecule has 0 radical (unpaired) electrons. The number of aromatic nitrogens is 1. The second-order valence-corrected chi connectivity index (χ2v) is 8.01. The number of benzene rings is 3. The molecular weight excluding hydrogens is 419 g/mol. The first-order valence-corrected chi connectivity index (χ1v) is 10.7. The second kappa shape index (κ2) is 8.39. The molecule has 1 aromatic heterocycles. The summed E-state index contributed by atoms with van der Waals surface area (Å²) in [5.41, 5.74) is 2.99. The second-order valence-electron chi connectivity index (χ2n) is 8.01. The molecular formula is C27H21FN2O3. The molecule has 6 heteroatoms. The van der Waals surface area contributed by atoms with Crippen molar-refractivity contribution in [2.45, 2.75) is 18.9 Å². The van der Waals surface area contributed by atoms with Crippen molar-refractivity contribution < 1.29 is 19.1 Å². The van der Waals surface area contributed by atoms with Crippen LogP contribution in [0, 0.1) is 5.82 Å². The average Bonchev–Trinajstić information content (AvgIpc) is 3.37. The molecule has 0 fully saturated rings. The van der Waals surface area contributed by atoms with Crippen LogP contribution < -0.4 is 4.90 Å². The maximum absolute atomic E-state index is 13.6. The average molecular weight is 440 g/mol. The fraction of sp³-hybridized carbons (Fsp3) is 0.111. The quantitative estimate of drug-likeness (QED) is 0.421. The van der Waals surface area contributed by atoms with Crippen LogP contribution in [0.3, 0.4) is 0 Å². The van der Waals surface area contributed by atoms with Crippen molar-refractivity contribution in [3.05, 3.63) is 113 Å². The number of ketones is 1. The number of nitrogens with zero attached hydrogens (tertiary/aromatic N) is 1. The van der Waals surface area contributed by atoms with Gasteiger partial charge in [0.1, 0.15) is 5.82 Å². The Kier molecular flexibility index (Phi) is 5.26. The van der Waals surface area contributed by atoms with E-state index in [1.807, 2.05) is 54.6 Å². The molecule has 1 amide bonds. The number of Topliss-reactive ketones (excluding diaryl/α,β-unsaturated/α-hetero) is 1. The molecule has 164 valence electrons. The van der Waals surface area contributed by atoms with E-state index in [9.17, 15) is 19.1 Å². The summed E-state index contributed by atoms with van der Waals surface area (Å²) in [5.74, 6) is -1.98. The molecule has 33 heavy (non-hydrogen) atoms. The molecule has 1 unspecified atom stereocenters. The molecule has 0 saturated heterocycles. The van der Waals surface area contributed by atoms with E-state index in [4.69, 9.17) is 0 Å². The molecule has 2 heterocycles.